The summed E-state index contributed by atoms with van der Waals surface area (Å²) in [5, 5.41) is 8.83. The number of pyridine rings is 2. The predicted molar refractivity (Wildman–Crippen MR) is 120 cm³/mol. The Hall–Kier alpha value is -3.62. The fourth-order valence-corrected chi connectivity index (χ4v) is 3.30. The van der Waals surface area contributed by atoms with E-state index in [1.807, 2.05) is 19.1 Å². The van der Waals surface area contributed by atoms with Crippen molar-refractivity contribution in [3.63, 3.8) is 0 Å². The topological polar surface area (TPSA) is 81.5 Å². The van der Waals surface area contributed by atoms with E-state index in [1.165, 1.54) is 12.4 Å². The third kappa shape index (κ3) is 6.94. The highest BCUT2D eigenvalue weighted by Gasteiger charge is 2.32. The van der Waals surface area contributed by atoms with Gasteiger partial charge in [-0.2, -0.15) is 13.2 Å². The van der Waals surface area contributed by atoms with Crippen LogP contribution >= 0.6 is 0 Å². The van der Waals surface area contributed by atoms with Crippen LogP contribution in [0.25, 0.3) is 11.1 Å². The quantitative estimate of drug-likeness (QED) is 0.405. The Morgan fingerprint density at radius 2 is 1.97 bits per heavy atom. The van der Waals surface area contributed by atoms with Crippen molar-refractivity contribution in [2.24, 2.45) is 0 Å². The standard InChI is InChI=1S/C25H25F3N2O4/c1-16-12-21(7-5-18(16)6-8-23(31)32)33-11-9-17(2)34-24-22(19-4-3-10-29-14-19)13-20(15-30-24)25(26,27)28/h3-5,7,10,12-15,17H,6,8-9,11H2,1-2H3,(H,31,32)/t17-/m0/s1. The molecule has 9 heteroatoms. The van der Waals surface area contributed by atoms with Crippen LogP contribution in [0.4, 0.5) is 13.2 Å². The van der Waals surface area contributed by atoms with E-state index in [9.17, 15) is 18.0 Å². The summed E-state index contributed by atoms with van der Waals surface area (Å²) < 4.78 is 51.2. The van der Waals surface area contributed by atoms with E-state index >= 15 is 0 Å². The van der Waals surface area contributed by atoms with Gasteiger partial charge in [0.25, 0.3) is 0 Å². The SMILES string of the molecule is Cc1cc(OCC[C@H](C)Oc2ncc(C(F)(F)F)cc2-c2cccnc2)ccc1CCC(=O)O. The summed E-state index contributed by atoms with van der Waals surface area (Å²) >= 11 is 0. The molecule has 0 amide bonds. The average molecular weight is 474 g/mol. The van der Waals surface area contributed by atoms with Crippen LogP contribution in [-0.2, 0) is 17.4 Å². The fourth-order valence-electron chi connectivity index (χ4n) is 3.30. The molecule has 0 saturated heterocycles. The molecule has 3 rings (SSSR count). The normalized spacial score (nSPS) is 12.3. The van der Waals surface area contributed by atoms with Gasteiger partial charge in [-0.1, -0.05) is 12.1 Å². The van der Waals surface area contributed by atoms with Crippen molar-refractivity contribution in [2.45, 2.75) is 45.4 Å². The number of aliphatic carboxylic acids is 1. The van der Waals surface area contributed by atoms with Crippen molar-refractivity contribution in [1.29, 1.82) is 0 Å². The van der Waals surface area contributed by atoms with E-state index in [2.05, 4.69) is 9.97 Å². The Morgan fingerprint density at radius 3 is 2.62 bits per heavy atom. The van der Waals surface area contributed by atoms with Gasteiger partial charge in [-0.15, -0.1) is 0 Å². The van der Waals surface area contributed by atoms with Crippen molar-refractivity contribution in [1.82, 2.24) is 9.97 Å². The monoisotopic (exact) mass is 474 g/mol. The van der Waals surface area contributed by atoms with E-state index < -0.39 is 17.7 Å². The maximum atomic E-state index is 13.2. The molecule has 1 N–H and O–H groups in total. The number of nitrogens with zero attached hydrogens (tertiary/aromatic N) is 2. The lowest BCUT2D eigenvalue weighted by molar-refractivity contribution is -0.138. The molecular formula is C25H25F3N2O4. The second-order valence-corrected chi connectivity index (χ2v) is 7.86. The molecule has 0 bridgehead atoms. The molecule has 1 atom stereocenters. The third-order valence-corrected chi connectivity index (χ3v) is 5.18. The van der Waals surface area contributed by atoms with E-state index in [0.29, 0.717) is 30.8 Å². The van der Waals surface area contributed by atoms with E-state index in [-0.39, 0.29) is 24.0 Å². The van der Waals surface area contributed by atoms with Crippen LogP contribution in [0.15, 0.2) is 55.0 Å². The lowest BCUT2D eigenvalue weighted by Gasteiger charge is -2.18. The van der Waals surface area contributed by atoms with Crippen LogP contribution in [0.3, 0.4) is 0 Å². The zero-order valence-electron chi connectivity index (χ0n) is 18.8. The molecule has 0 aliphatic rings. The Labute approximate surface area is 195 Å². The summed E-state index contributed by atoms with van der Waals surface area (Å²) in [6.45, 7) is 4.00. The largest absolute Gasteiger partial charge is 0.493 e. The minimum atomic E-state index is -4.52. The van der Waals surface area contributed by atoms with Gasteiger partial charge in [-0.3, -0.25) is 9.78 Å². The molecular weight excluding hydrogens is 449 g/mol. The third-order valence-electron chi connectivity index (χ3n) is 5.18. The van der Waals surface area contributed by atoms with E-state index in [1.54, 1.807) is 25.1 Å². The van der Waals surface area contributed by atoms with Gasteiger partial charge < -0.3 is 14.6 Å². The molecule has 2 heterocycles. The molecule has 2 aromatic heterocycles. The van der Waals surface area contributed by atoms with Crippen LogP contribution < -0.4 is 9.47 Å². The molecule has 0 saturated carbocycles. The minimum absolute atomic E-state index is 0.0644. The van der Waals surface area contributed by atoms with Gasteiger partial charge in [0.2, 0.25) is 5.88 Å². The number of halogens is 3. The maximum Gasteiger partial charge on any atom is 0.417 e. The van der Waals surface area contributed by atoms with Crippen molar-refractivity contribution in [3.05, 3.63) is 71.7 Å². The summed E-state index contributed by atoms with van der Waals surface area (Å²) in [5.41, 5.74) is 1.71. The lowest BCUT2D eigenvalue weighted by Crippen LogP contribution is -2.17. The highest BCUT2D eigenvalue weighted by atomic mass is 19.4. The average Bonchev–Trinajstić information content (AvgIpc) is 2.78. The van der Waals surface area contributed by atoms with Crippen LogP contribution in [0, 0.1) is 6.92 Å². The van der Waals surface area contributed by atoms with Crippen molar-refractivity contribution < 1.29 is 32.5 Å². The van der Waals surface area contributed by atoms with Gasteiger partial charge in [0, 0.05) is 42.6 Å². The summed E-state index contributed by atoms with van der Waals surface area (Å²) in [6.07, 6.45) is -0.173. The van der Waals surface area contributed by atoms with Gasteiger partial charge in [0.05, 0.1) is 12.2 Å². The predicted octanol–water partition coefficient (Wildman–Crippen LogP) is 5.72. The van der Waals surface area contributed by atoms with Crippen molar-refractivity contribution in [2.75, 3.05) is 6.61 Å². The molecule has 0 spiro atoms. The fraction of sp³-hybridized carbons (Fsp3) is 0.320. The molecule has 0 radical (unpaired) electrons. The van der Waals surface area contributed by atoms with E-state index in [4.69, 9.17) is 14.6 Å². The number of hydrogen-bond donors (Lipinski definition) is 1. The summed E-state index contributed by atoms with van der Waals surface area (Å²) in [4.78, 5) is 18.7. The van der Waals surface area contributed by atoms with Gasteiger partial charge >= 0.3 is 12.1 Å². The number of hydrogen-bond acceptors (Lipinski definition) is 5. The van der Waals surface area contributed by atoms with Crippen LogP contribution in [0.1, 0.15) is 36.5 Å². The van der Waals surface area contributed by atoms with Crippen LogP contribution in [0.2, 0.25) is 0 Å². The Morgan fingerprint density at radius 1 is 1.18 bits per heavy atom. The molecule has 34 heavy (non-hydrogen) atoms. The number of carboxylic acid groups (broad SMARTS) is 1. The first-order valence-corrected chi connectivity index (χ1v) is 10.7. The number of benzene rings is 1. The Kier molecular flexibility index (Phi) is 8.09. The molecule has 3 aromatic rings. The smallest absolute Gasteiger partial charge is 0.417 e. The Bertz CT molecular complexity index is 1120. The molecule has 6 nitrogen and oxygen atoms in total. The highest BCUT2D eigenvalue weighted by Crippen LogP contribution is 2.36. The van der Waals surface area contributed by atoms with Crippen molar-refractivity contribution >= 4 is 5.97 Å². The van der Waals surface area contributed by atoms with Crippen LogP contribution in [0.5, 0.6) is 11.6 Å². The molecule has 0 unspecified atom stereocenters. The summed E-state index contributed by atoms with van der Waals surface area (Å²) in [7, 11) is 0. The van der Waals surface area contributed by atoms with Gasteiger partial charge in [0.15, 0.2) is 0 Å². The number of ether oxygens (including phenoxy) is 2. The maximum absolute atomic E-state index is 13.2. The molecule has 0 aliphatic carbocycles. The first kappa shape index (κ1) is 25.0. The second kappa shape index (κ2) is 11.0. The number of aryl methyl sites for hydroxylation is 2. The van der Waals surface area contributed by atoms with Crippen molar-refractivity contribution in [3.8, 4) is 22.8 Å². The number of alkyl halides is 3. The molecule has 1 aromatic carbocycles. The van der Waals surface area contributed by atoms with Crippen LogP contribution in [-0.4, -0.2) is 33.8 Å². The molecule has 180 valence electrons. The minimum Gasteiger partial charge on any atom is -0.493 e. The summed E-state index contributed by atoms with van der Waals surface area (Å²) in [5.74, 6) is -0.109. The number of carboxylic acids is 1. The van der Waals surface area contributed by atoms with Gasteiger partial charge in [-0.05, 0) is 55.7 Å². The zero-order chi connectivity index (χ0) is 24.7. The number of aromatic nitrogens is 2. The van der Waals surface area contributed by atoms with Gasteiger partial charge in [-0.25, -0.2) is 4.98 Å². The zero-order valence-corrected chi connectivity index (χ0v) is 18.8. The highest BCUT2D eigenvalue weighted by molar-refractivity contribution is 5.68. The first-order chi connectivity index (χ1) is 16.1. The van der Waals surface area contributed by atoms with Gasteiger partial charge in [0.1, 0.15) is 11.9 Å². The first-order valence-electron chi connectivity index (χ1n) is 10.7. The number of carbonyl (C=O) groups is 1. The molecule has 0 aliphatic heterocycles. The number of rotatable bonds is 10. The molecule has 0 fully saturated rings. The van der Waals surface area contributed by atoms with E-state index in [0.717, 1.165) is 23.4 Å². The Balaban J connectivity index is 1.63. The lowest BCUT2D eigenvalue weighted by atomic mass is 10.0. The second-order valence-electron chi connectivity index (χ2n) is 7.86. The summed E-state index contributed by atoms with van der Waals surface area (Å²) in [6, 6.07) is 9.77.